The molecule has 1 heterocycles. The quantitative estimate of drug-likeness (QED) is 0.857. The van der Waals surface area contributed by atoms with Gasteiger partial charge in [0.05, 0.1) is 11.6 Å². The first-order valence-corrected chi connectivity index (χ1v) is 7.37. The summed E-state index contributed by atoms with van der Waals surface area (Å²) in [5.74, 6) is -2.03. The molecule has 0 spiro atoms. The van der Waals surface area contributed by atoms with Crippen molar-refractivity contribution in [1.29, 1.82) is 0 Å². The molecule has 1 aromatic rings. The minimum atomic E-state index is -4.91. The van der Waals surface area contributed by atoms with Crippen molar-refractivity contribution in [3.8, 4) is 5.75 Å². The molecular formula is C14H14ClF3N2O4. The second kappa shape index (κ2) is 7.16. The summed E-state index contributed by atoms with van der Waals surface area (Å²) in [5.41, 5.74) is -0.217. The lowest BCUT2D eigenvalue weighted by atomic mass is 9.97. The minimum Gasteiger partial charge on any atom is -0.481 e. The Kier molecular flexibility index (Phi) is 5.43. The Bertz CT molecular complexity index is 631. The normalized spacial score (nSPS) is 15.9. The van der Waals surface area contributed by atoms with E-state index in [1.54, 1.807) is 0 Å². The van der Waals surface area contributed by atoms with E-state index >= 15 is 0 Å². The van der Waals surface area contributed by atoms with Crippen LogP contribution in [-0.2, 0) is 4.79 Å². The number of carboxylic acids is 1. The van der Waals surface area contributed by atoms with Crippen LogP contribution < -0.4 is 10.1 Å². The molecule has 0 saturated carbocycles. The zero-order valence-corrected chi connectivity index (χ0v) is 13.0. The van der Waals surface area contributed by atoms with Gasteiger partial charge in [0.15, 0.2) is 5.75 Å². The van der Waals surface area contributed by atoms with Crippen molar-refractivity contribution in [3.63, 3.8) is 0 Å². The molecule has 0 radical (unpaired) electrons. The lowest BCUT2D eigenvalue weighted by Gasteiger charge is -2.30. The molecular weight excluding hydrogens is 353 g/mol. The van der Waals surface area contributed by atoms with Crippen LogP contribution in [-0.4, -0.2) is 41.5 Å². The number of nitrogens with zero attached hydrogens (tertiary/aromatic N) is 1. The largest absolute Gasteiger partial charge is 0.573 e. The molecule has 6 nitrogen and oxygen atoms in total. The zero-order valence-electron chi connectivity index (χ0n) is 12.3. The molecule has 1 aliphatic heterocycles. The molecule has 2 amide bonds. The molecule has 0 aromatic heterocycles. The highest BCUT2D eigenvalue weighted by molar-refractivity contribution is 6.31. The Morgan fingerprint density at radius 1 is 1.29 bits per heavy atom. The van der Waals surface area contributed by atoms with Gasteiger partial charge in [0.25, 0.3) is 0 Å². The van der Waals surface area contributed by atoms with Crippen molar-refractivity contribution in [2.45, 2.75) is 19.2 Å². The van der Waals surface area contributed by atoms with Crippen molar-refractivity contribution < 1.29 is 32.6 Å². The summed E-state index contributed by atoms with van der Waals surface area (Å²) >= 11 is 5.74. The molecule has 2 rings (SSSR count). The predicted octanol–water partition coefficient (Wildman–Crippen LogP) is 3.57. The Hall–Kier alpha value is -2.16. The summed E-state index contributed by atoms with van der Waals surface area (Å²) < 4.78 is 41.1. The number of urea groups is 1. The first-order chi connectivity index (χ1) is 11.2. The highest BCUT2D eigenvalue weighted by atomic mass is 35.5. The Balaban J connectivity index is 2.06. The van der Waals surface area contributed by atoms with E-state index in [2.05, 4.69) is 10.1 Å². The number of piperidine rings is 1. The van der Waals surface area contributed by atoms with Gasteiger partial charge in [-0.15, -0.1) is 13.2 Å². The van der Waals surface area contributed by atoms with Gasteiger partial charge in [0.1, 0.15) is 0 Å². The number of nitrogens with one attached hydrogen (secondary N) is 1. The van der Waals surface area contributed by atoms with Crippen LogP contribution >= 0.6 is 11.6 Å². The average molecular weight is 367 g/mol. The number of rotatable bonds is 3. The summed E-state index contributed by atoms with van der Waals surface area (Å²) in [4.78, 5) is 24.4. The third-order valence-electron chi connectivity index (χ3n) is 3.54. The van der Waals surface area contributed by atoms with Crippen molar-refractivity contribution in [2.75, 3.05) is 18.4 Å². The van der Waals surface area contributed by atoms with E-state index in [4.69, 9.17) is 16.7 Å². The molecule has 0 bridgehead atoms. The van der Waals surface area contributed by atoms with Crippen LogP contribution in [0, 0.1) is 5.92 Å². The van der Waals surface area contributed by atoms with Gasteiger partial charge in [-0.25, -0.2) is 4.79 Å². The number of halogens is 4. The number of benzene rings is 1. The van der Waals surface area contributed by atoms with Gasteiger partial charge >= 0.3 is 18.4 Å². The van der Waals surface area contributed by atoms with E-state index in [0.29, 0.717) is 0 Å². The number of ether oxygens (including phenoxy) is 1. The fourth-order valence-electron chi connectivity index (χ4n) is 2.34. The average Bonchev–Trinajstić information content (AvgIpc) is 2.49. The maximum Gasteiger partial charge on any atom is 0.573 e. The zero-order chi connectivity index (χ0) is 17.9. The van der Waals surface area contributed by atoms with Crippen LogP contribution in [0.15, 0.2) is 18.2 Å². The summed E-state index contributed by atoms with van der Waals surface area (Å²) in [6.45, 7) is 0.387. The standard InChI is InChI=1S/C14H14ClF3N2O4/c15-9-1-2-11(24-14(16,17)18)10(7-9)19-13(23)20-5-3-8(4-6-20)12(21)22/h1-2,7-8H,3-6H2,(H,19,23)(H,21,22). The van der Waals surface area contributed by atoms with Crippen LogP contribution in [0.2, 0.25) is 5.02 Å². The molecule has 24 heavy (non-hydrogen) atoms. The predicted molar refractivity (Wildman–Crippen MR) is 79.1 cm³/mol. The second-order valence-corrected chi connectivity index (χ2v) is 5.65. The number of likely N-dealkylation sites (tertiary alicyclic amines) is 1. The number of amides is 2. The molecule has 1 aliphatic rings. The lowest BCUT2D eigenvalue weighted by molar-refractivity contribution is -0.274. The Morgan fingerprint density at radius 2 is 1.92 bits per heavy atom. The monoisotopic (exact) mass is 366 g/mol. The second-order valence-electron chi connectivity index (χ2n) is 5.22. The van der Waals surface area contributed by atoms with E-state index in [1.165, 1.54) is 11.0 Å². The Morgan fingerprint density at radius 3 is 2.46 bits per heavy atom. The highest BCUT2D eigenvalue weighted by Crippen LogP contribution is 2.33. The molecule has 132 valence electrons. The van der Waals surface area contributed by atoms with Gasteiger partial charge in [0.2, 0.25) is 0 Å². The number of aliphatic carboxylic acids is 1. The minimum absolute atomic E-state index is 0.129. The molecule has 0 aliphatic carbocycles. The van der Waals surface area contributed by atoms with Crippen molar-refractivity contribution >= 4 is 29.3 Å². The fraction of sp³-hybridized carbons (Fsp3) is 0.429. The molecule has 0 atom stereocenters. The summed E-state index contributed by atoms with van der Waals surface area (Å²) in [5, 5.41) is 11.4. The van der Waals surface area contributed by atoms with Gasteiger partial charge in [-0.1, -0.05) is 11.6 Å². The van der Waals surface area contributed by atoms with Crippen LogP contribution in [0.3, 0.4) is 0 Å². The van der Waals surface area contributed by atoms with Crippen LogP contribution in [0.25, 0.3) is 0 Å². The molecule has 0 unspecified atom stereocenters. The summed E-state index contributed by atoms with van der Waals surface area (Å²) in [6.07, 6.45) is -4.35. The van der Waals surface area contributed by atoms with E-state index in [-0.39, 0.29) is 36.6 Å². The van der Waals surface area contributed by atoms with Crippen LogP contribution in [0.1, 0.15) is 12.8 Å². The fourth-order valence-corrected chi connectivity index (χ4v) is 2.51. The van der Waals surface area contributed by atoms with Gasteiger partial charge in [-0.2, -0.15) is 0 Å². The number of hydrogen-bond acceptors (Lipinski definition) is 3. The van der Waals surface area contributed by atoms with E-state index in [9.17, 15) is 22.8 Å². The molecule has 10 heteroatoms. The highest BCUT2D eigenvalue weighted by Gasteiger charge is 2.33. The maximum absolute atomic E-state index is 12.4. The lowest BCUT2D eigenvalue weighted by Crippen LogP contribution is -2.42. The number of hydrogen-bond donors (Lipinski definition) is 2. The number of anilines is 1. The summed E-state index contributed by atoms with van der Waals surface area (Å²) in [6, 6.07) is 2.71. The van der Waals surface area contributed by atoms with E-state index in [1.807, 2.05) is 0 Å². The third-order valence-corrected chi connectivity index (χ3v) is 3.78. The Labute approximate surface area is 140 Å². The smallest absolute Gasteiger partial charge is 0.481 e. The van der Waals surface area contributed by atoms with Crippen LogP contribution in [0.5, 0.6) is 5.75 Å². The van der Waals surface area contributed by atoms with Gasteiger partial charge in [-0.3, -0.25) is 4.79 Å². The van der Waals surface area contributed by atoms with Crippen molar-refractivity contribution in [1.82, 2.24) is 4.90 Å². The topological polar surface area (TPSA) is 78.9 Å². The van der Waals surface area contributed by atoms with Gasteiger partial charge < -0.3 is 20.1 Å². The summed E-state index contributed by atoms with van der Waals surface area (Å²) in [7, 11) is 0. The first-order valence-electron chi connectivity index (χ1n) is 7.00. The number of alkyl halides is 3. The van der Waals surface area contributed by atoms with Crippen molar-refractivity contribution in [3.05, 3.63) is 23.2 Å². The third kappa shape index (κ3) is 4.92. The number of carbonyl (C=O) groups is 2. The SMILES string of the molecule is O=C(O)C1CCN(C(=O)Nc2cc(Cl)ccc2OC(F)(F)F)CC1. The molecule has 1 aromatic carbocycles. The van der Waals surface area contributed by atoms with Crippen molar-refractivity contribution in [2.24, 2.45) is 5.92 Å². The van der Waals surface area contributed by atoms with Gasteiger partial charge in [-0.05, 0) is 31.0 Å². The molecule has 2 N–H and O–H groups in total. The number of carboxylic acid groups (broad SMARTS) is 1. The van der Waals surface area contributed by atoms with Crippen LogP contribution in [0.4, 0.5) is 23.7 Å². The maximum atomic E-state index is 12.4. The molecule has 1 saturated heterocycles. The first kappa shape index (κ1) is 18.2. The van der Waals surface area contributed by atoms with E-state index < -0.39 is 30.0 Å². The number of carbonyl (C=O) groups excluding carboxylic acids is 1. The molecule has 1 fully saturated rings. The van der Waals surface area contributed by atoms with Gasteiger partial charge in [0, 0.05) is 18.1 Å². The van der Waals surface area contributed by atoms with E-state index in [0.717, 1.165) is 12.1 Å².